The highest BCUT2D eigenvalue weighted by Crippen LogP contribution is 2.30. The Balaban J connectivity index is 2.18. The molecule has 2 rings (SSSR count). The summed E-state index contributed by atoms with van der Waals surface area (Å²) in [6.45, 7) is 6.75. The predicted molar refractivity (Wildman–Crippen MR) is 125 cm³/mol. The van der Waals surface area contributed by atoms with Crippen LogP contribution in [0.4, 0.5) is 35.0 Å². The molecule has 180 valence electrons. The summed E-state index contributed by atoms with van der Waals surface area (Å²) in [5, 5.41) is 5.23. The first-order chi connectivity index (χ1) is 15.4. The third-order valence-electron chi connectivity index (χ3n) is 4.95. The molecule has 0 aromatic heterocycles. The summed E-state index contributed by atoms with van der Waals surface area (Å²) in [6.07, 6.45) is -3.61. The van der Waals surface area contributed by atoms with E-state index < -0.39 is 17.8 Å². The topological polar surface area (TPSA) is 64.7 Å². The summed E-state index contributed by atoms with van der Waals surface area (Å²) in [5.74, 6) is -0.0739. The maximum absolute atomic E-state index is 12.7. The molecule has 0 bridgehead atoms. The Morgan fingerprint density at radius 1 is 0.970 bits per heavy atom. The highest BCUT2D eigenvalue weighted by molar-refractivity contribution is 6.00. The second-order valence-corrected chi connectivity index (χ2v) is 8.31. The fraction of sp³-hybridized carbons (Fsp3) is 0.417. The number of nitrogens with one attached hydrogen (secondary N) is 2. The van der Waals surface area contributed by atoms with E-state index in [-0.39, 0.29) is 17.5 Å². The van der Waals surface area contributed by atoms with Crippen LogP contribution < -0.4 is 15.5 Å². The number of benzene rings is 2. The summed E-state index contributed by atoms with van der Waals surface area (Å²) in [6, 6.07) is 9.03. The summed E-state index contributed by atoms with van der Waals surface area (Å²) in [7, 11) is 3.80. The van der Waals surface area contributed by atoms with Crippen LogP contribution >= 0.6 is 0 Å². The molecule has 0 unspecified atom stereocenters. The number of hydrogen-bond donors (Lipinski definition) is 2. The fourth-order valence-electron chi connectivity index (χ4n) is 3.37. The van der Waals surface area contributed by atoms with Gasteiger partial charge in [0.25, 0.3) is 0 Å². The van der Waals surface area contributed by atoms with E-state index in [1.807, 2.05) is 45.8 Å². The minimum atomic E-state index is -4.44. The normalized spacial score (nSPS) is 11.3. The van der Waals surface area contributed by atoms with Gasteiger partial charge >= 0.3 is 12.2 Å². The van der Waals surface area contributed by atoms with Crippen LogP contribution in [-0.4, -0.2) is 37.5 Å². The van der Waals surface area contributed by atoms with Gasteiger partial charge in [-0.15, -0.1) is 0 Å². The minimum absolute atomic E-state index is 0.0555. The van der Waals surface area contributed by atoms with Gasteiger partial charge in [-0.25, -0.2) is 4.79 Å². The van der Waals surface area contributed by atoms with E-state index in [2.05, 4.69) is 10.6 Å². The molecular formula is C24H31F3N4O2. The van der Waals surface area contributed by atoms with E-state index in [0.29, 0.717) is 18.8 Å². The van der Waals surface area contributed by atoms with Gasteiger partial charge in [0.05, 0.1) is 5.56 Å². The molecule has 0 aliphatic rings. The van der Waals surface area contributed by atoms with Crippen LogP contribution in [0.25, 0.3) is 0 Å². The van der Waals surface area contributed by atoms with E-state index >= 15 is 0 Å². The lowest BCUT2D eigenvalue weighted by molar-refractivity contribution is -0.137. The number of hydrogen-bond acceptors (Lipinski definition) is 3. The Hall–Kier alpha value is -3.23. The summed E-state index contributed by atoms with van der Waals surface area (Å²) in [5.41, 5.74) is 1.75. The van der Waals surface area contributed by atoms with E-state index in [9.17, 15) is 22.8 Å². The van der Waals surface area contributed by atoms with Gasteiger partial charge in [0.15, 0.2) is 0 Å². The Bertz CT molecular complexity index is 957. The van der Waals surface area contributed by atoms with Crippen molar-refractivity contribution in [3.05, 3.63) is 53.6 Å². The number of rotatable bonds is 8. The average Bonchev–Trinajstić information content (AvgIpc) is 2.72. The molecule has 2 N–H and O–H groups in total. The molecule has 0 spiro atoms. The molecule has 0 saturated heterocycles. The lowest BCUT2D eigenvalue weighted by Gasteiger charge is -2.27. The van der Waals surface area contributed by atoms with Gasteiger partial charge in [-0.2, -0.15) is 13.2 Å². The van der Waals surface area contributed by atoms with Crippen LogP contribution in [0.1, 0.15) is 38.3 Å². The SMILES string of the molecule is CCCN(Cc1cc(NC(=O)Nc2ccc(C(F)(F)F)cc2)ccc1N(C)C)C(=O)C(C)C. The van der Waals surface area contributed by atoms with Gasteiger partial charge < -0.3 is 20.4 Å². The number of alkyl halides is 3. The van der Waals surface area contributed by atoms with Gasteiger partial charge in [0.1, 0.15) is 0 Å². The third-order valence-corrected chi connectivity index (χ3v) is 4.95. The molecule has 0 heterocycles. The van der Waals surface area contributed by atoms with Gasteiger partial charge in [-0.05, 0) is 54.4 Å². The number of anilines is 3. The van der Waals surface area contributed by atoms with Crippen molar-refractivity contribution in [3.63, 3.8) is 0 Å². The molecular weight excluding hydrogens is 433 g/mol. The van der Waals surface area contributed by atoms with E-state index in [1.165, 1.54) is 12.1 Å². The zero-order valence-corrected chi connectivity index (χ0v) is 19.6. The van der Waals surface area contributed by atoms with Crippen LogP contribution in [0.5, 0.6) is 0 Å². The Morgan fingerprint density at radius 2 is 1.55 bits per heavy atom. The quantitative estimate of drug-likeness (QED) is 0.518. The van der Waals surface area contributed by atoms with Gasteiger partial charge in [0, 0.05) is 50.2 Å². The molecule has 33 heavy (non-hydrogen) atoms. The molecule has 0 aliphatic carbocycles. The minimum Gasteiger partial charge on any atom is -0.377 e. The number of nitrogens with zero attached hydrogens (tertiary/aromatic N) is 2. The first-order valence-corrected chi connectivity index (χ1v) is 10.8. The largest absolute Gasteiger partial charge is 0.416 e. The predicted octanol–water partition coefficient (Wildman–Crippen LogP) is 5.81. The fourth-order valence-corrected chi connectivity index (χ4v) is 3.37. The lowest BCUT2D eigenvalue weighted by atomic mass is 10.1. The third kappa shape index (κ3) is 7.40. The number of halogens is 3. The van der Waals surface area contributed by atoms with Crippen molar-refractivity contribution in [1.82, 2.24) is 4.90 Å². The van der Waals surface area contributed by atoms with Gasteiger partial charge in [-0.3, -0.25) is 4.79 Å². The van der Waals surface area contributed by atoms with Crippen LogP contribution in [0.15, 0.2) is 42.5 Å². The number of carbonyl (C=O) groups excluding carboxylic acids is 2. The summed E-state index contributed by atoms with van der Waals surface area (Å²) in [4.78, 5) is 28.8. The Morgan fingerprint density at radius 3 is 2.06 bits per heavy atom. The standard InChI is InChI=1S/C24H31F3N4O2/c1-6-13-31(22(32)16(2)3)15-17-14-20(11-12-21(17)30(4)5)29-23(33)28-19-9-7-18(8-10-19)24(25,26)27/h7-12,14,16H,6,13,15H2,1-5H3,(H2,28,29,33). The molecule has 2 aromatic rings. The molecule has 2 aromatic carbocycles. The van der Waals surface area contributed by atoms with Crippen LogP contribution in [0.3, 0.4) is 0 Å². The molecule has 6 nitrogen and oxygen atoms in total. The van der Waals surface area contributed by atoms with Crippen LogP contribution in [0, 0.1) is 5.92 Å². The maximum Gasteiger partial charge on any atom is 0.416 e. The van der Waals surface area contributed by atoms with Crippen molar-refractivity contribution in [1.29, 1.82) is 0 Å². The van der Waals surface area contributed by atoms with Gasteiger partial charge in [0.2, 0.25) is 5.91 Å². The highest BCUT2D eigenvalue weighted by Gasteiger charge is 2.30. The smallest absolute Gasteiger partial charge is 0.377 e. The van der Waals surface area contributed by atoms with Gasteiger partial charge in [-0.1, -0.05) is 20.8 Å². The van der Waals surface area contributed by atoms with Crippen LogP contribution in [-0.2, 0) is 17.5 Å². The van der Waals surface area contributed by atoms with Crippen molar-refractivity contribution in [2.24, 2.45) is 5.92 Å². The van der Waals surface area contributed by atoms with E-state index in [1.54, 1.807) is 17.0 Å². The second-order valence-electron chi connectivity index (χ2n) is 8.31. The van der Waals surface area contributed by atoms with Crippen molar-refractivity contribution in [3.8, 4) is 0 Å². The van der Waals surface area contributed by atoms with E-state index in [4.69, 9.17) is 0 Å². The molecule has 0 radical (unpaired) electrons. The number of carbonyl (C=O) groups is 2. The molecule has 0 atom stereocenters. The van der Waals surface area contributed by atoms with E-state index in [0.717, 1.165) is 29.8 Å². The zero-order chi connectivity index (χ0) is 24.8. The first-order valence-electron chi connectivity index (χ1n) is 10.8. The Kier molecular flexibility index (Phi) is 8.73. The molecule has 9 heteroatoms. The van der Waals surface area contributed by atoms with Crippen molar-refractivity contribution in [2.75, 3.05) is 36.2 Å². The molecule has 0 saturated carbocycles. The molecule has 0 aliphatic heterocycles. The van der Waals surface area contributed by atoms with Crippen molar-refractivity contribution < 1.29 is 22.8 Å². The number of amides is 3. The first kappa shape index (κ1) is 26.0. The summed E-state index contributed by atoms with van der Waals surface area (Å²) >= 11 is 0. The Labute approximate surface area is 192 Å². The molecule has 0 fully saturated rings. The second kappa shape index (κ2) is 11.1. The summed E-state index contributed by atoms with van der Waals surface area (Å²) < 4.78 is 38.1. The maximum atomic E-state index is 12.7. The zero-order valence-electron chi connectivity index (χ0n) is 19.6. The monoisotopic (exact) mass is 464 g/mol. The average molecular weight is 465 g/mol. The van der Waals surface area contributed by atoms with Crippen molar-refractivity contribution >= 4 is 29.0 Å². The lowest BCUT2D eigenvalue weighted by Crippen LogP contribution is -2.35. The highest BCUT2D eigenvalue weighted by atomic mass is 19.4. The number of urea groups is 1. The molecule has 3 amide bonds. The van der Waals surface area contributed by atoms with Crippen LogP contribution in [0.2, 0.25) is 0 Å². The van der Waals surface area contributed by atoms with Crippen molar-refractivity contribution in [2.45, 2.75) is 39.9 Å².